The van der Waals surface area contributed by atoms with Crippen LogP contribution < -0.4 is 0 Å². The molecular weight excluding hydrogens is 575 g/mol. The molecule has 0 heterocycles. The van der Waals surface area contributed by atoms with Gasteiger partial charge >= 0.3 is 11.9 Å². The standard InChI is InChI=1S/C24H38O4.C7H10.La/c1-3-5-7-9-11-15-19-27-23(25)21-17-13-14-18-22(21)24(26)28-20-16-12-10-8-6-4-2;1-2-7-4-3-6(1)5-7;/h13-14,17-18H,3-12,15-16,19-20H2,1-2H3;1-2,6-7H,3-5H2;. The smallest absolute Gasteiger partial charge is 0.339 e. The minimum atomic E-state index is -0.444. The molecule has 1 radical (unpaired) electrons. The number of rotatable bonds is 16. The first-order valence-electron chi connectivity index (χ1n) is 14.3. The molecule has 1 aromatic rings. The van der Waals surface area contributed by atoms with E-state index in [9.17, 15) is 9.59 Å². The number of hydrogen-bond acceptors (Lipinski definition) is 4. The van der Waals surface area contributed by atoms with Gasteiger partial charge in [0.1, 0.15) is 0 Å². The Morgan fingerprint density at radius 2 is 1.06 bits per heavy atom. The van der Waals surface area contributed by atoms with Crippen molar-refractivity contribution in [2.45, 2.75) is 110 Å². The largest absolute Gasteiger partial charge is 0.462 e. The van der Waals surface area contributed by atoms with Gasteiger partial charge in [0.05, 0.1) is 24.3 Å². The summed E-state index contributed by atoms with van der Waals surface area (Å²) in [6.07, 6.45) is 22.8. The van der Waals surface area contributed by atoms with E-state index in [1.54, 1.807) is 24.3 Å². The number of unbranched alkanes of at least 4 members (excludes halogenated alkanes) is 10. The Hall–Kier alpha value is -0.905. The van der Waals surface area contributed by atoms with Crippen LogP contribution in [-0.2, 0) is 9.47 Å². The normalized spacial score (nSPS) is 17.2. The molecule has 2 aliphatic rings. The second-order valence-corrected chi connectivity index (χ2v) is 10.1. The molecule has 0 aromatic heterocycles. The van der Waals surface area contributed by atoms with Crippen molar-refractivity contribution in [3.63, 3.8) is 0 Å². The van der Waals surface area contributed by atoms with E-state index >= 15 is 0 Å². The molecule has 1 aromatic carbocycles. The third kappa shape index (κ3) is 13.6. The van der Waals surface area contributed by atoms with Crippen molar-refractivity contribution < 1.29 is 54.7 Å². The van der Waals surface area contributed by atoms with Gasteiger partial charge in [-0.05, 0) is 56.1 Å². The molecule has 5 heteroatoms. The van der Waals surface area contributed by atoms with Crippen molar-refractivity contribution in [1.82, 2.24) is 0 Å². The van der Waals surface area contributed by atoms with E-state index in [0.29, 0.717) is 24.3 Å². The second-order valence-electron chi connectivity index (χ2n) is 10.1. The monoisotopic (exact) mass is 623 g/mol. The molecule has 0 N–H and O–H groups in total. The molecule has 36 heavy (non-hydrogen) atoms. The number of carbonyl (C=O) groups excluding carboxylic acids is 2. The number of benzene rings is 1. The molecule has 4 nitrogen and oxygen atoms in total. The summed E-state index contributed by atoms with van der Waals surface area (Å²) >= 11 is 0. The number of fused-ring (bicyclic) bond motifs is 2. The molecule has 3 rings (SSSR count). The Bertz CT molecular complexity index is 700. The zero-order chi connectivity index (χ0) is 25.1. The van der Waals surface area contributed by atoms with E-state index < -0.39 is 11.9 Å². The number of esters is 2. The summed E-state index contributed by atoms with van der Waals surface area (Å²) in [5.41, 5.74) is 0.586. The van der Waals surface area contributed by atoms with Crippen LogP contribution in [0.3, 0.4) is 0 Å². The van der Waals surface area contributed by atoms with Gasteiger partial charge in [-0.15, -0.1) is 0 Å². The summed E-state index contributed by atoms with van der Waals surface area (Å²) in [5, 5.41) is 0. The van der Waals surface area contributed by atoms with Crippen molar-refractivity contribution in [3.05, 3.63) is 47.5 Å². The molecule has 0 spiro atoms. The van der Waals surface area contributed by atoms with Gasteiger partial charge in [0.2, 0.25) is 0 Å². The Morgan fingerprint density at radius 1 is 0.667 bits per heavy atom. The molecule has 2 aliphatic carbocycles. The van der Waals surface area contributed by atoms with Crippen molar-refractivity contribution in [1.29, 1.82) is 0 Å². The zero-order valence-corrected chi connectivity index (χ0v) is 26.5. The van der Waals surface area contributed by atoms with E-state index in [1.165, 1.54) is 70.6 Å². The maximum Gasteiger partial charge on any atom is 0.339 e. The Kier molecular flexibility index (Phi) is 19.4. The van der Waals surface area contributed by atoms with Gasteiger partial charge in [0.25, 0.3) is 0 Å². The molecule has 2 unspecified atom stereocenters. The van der Waals surface area contributed by atoms with Crippen LogP contribution in [0.4, 0.5) is 0 Å². The van der Waals surface area contributed by atoms with Crippen molar-refractivity contribution in [2.75, 3.05) is 13.2 Å². The zero-order valence-electron chi connectivity index (χ0n) is 22.8. The average molecular weight is 624 g/mol. The third-order valence-corrected chi connectivity index (χ3v) is 7.00. The third-order valence-electron chi connectivity index (χ3n) is 7.00. The maximum absolute atomic E-state index is 12.4. The minimum Gasteiger partial charge on any atom is -0.462 e. The van der Waals surface area contributed by atoms with Crippen LogP contribution in [-0.4, -0.2) is 25.2 Å². The van der Waals surface area contributed by atoms with Crippen LogP contribution in [0.25, 0.3) is 0 Å². The summed E-state index contributed by atoms with van der Waals surface area (Å²) in [6.45, 7) is 5.17. The summed E-state index contributed by atoms with van der Waals surface area (Å²) < 4.78 is 10.7. The minimum absolute atomic E-state index is 0. The van der Waals surface area contributed by atoms with Crippen molar-refractivity contribution in [3.8, 4) is 0 Å². The fourth-order valence-corrected chi connectivity index (χ4v) is 4.81. The van der Waals surface area contributed by atoms with Gasteiger partial charge < -0.3 is 9.47 Å². The van der Waals surface area contributed by atoms with E-state index in [-0.39, 0.29) is 35.6 Å². The fourth-order valence-electron chi connectivity index (χ4n) is 4.81. The molecule has 1 saturated carbocycles. The summed E-state index contributed by atoms with van der Waals surface area (Å²) in [4.78, 5) is 24.7. The predicted octanol–water partition coefficient (Wildman–Crippen LogP) is 8.69. The van der Waals surface area contributed by atoms with E-state index in [2.05, 4.69) is 26.0 Å². The Morgan fingerprint density at radius 3 is 1.39 bits per heavy atom. The van der Waals surface area contributed by atoms with Gasteiger partial charge in [-0.2, -0.15) is 0 Å². The second kappa shape index (κ2) is 21.1. The van der Waals surface area contributed by atoms with Gasteiger partial charge in [-0.1, -0.05) is 102 Å². The van der Waals surface area contributed by atoms with Crippen molar-refractivity contribution in [2.24, 2.45) is 11.8 Å². The Labute approximate surface area is 248 Å². The summed E-state index contributed by atoms with van der Waals surface area (Å²) in [5.74, 6) is 1.09. The topological polar surface area (TPSA) is 52.6 Å². The molecule has 0 aliphatic heterocycles. The fraction of sp³-hybridized carbons (Fsp3) is 0.677. The Balaban J connectivity index is 0.000000680. The molecule has 0 saturated heterocycles. The van der Waals surface area contributed by atoms with E-state index in [0.717, 1.165) is 37.5 Å². The van der Waals surface area contributed by atoms with E-state index in [1.807, 2.05) is 0 Å². The first-order valence-corrected chi connectivity index (χ1v) is 14.3. The van der Waals surface area contributed by atoms with Gasteiger partial charge in [0, 0.05) is 35.6 Å². The van der Waals surface area contributed by atoms with Crippen LogP contribution >= 0.6 is 0 Å². The molecule has 1 fully saturated rings. The van der Waals surface area contributed by atoms with Gasteiger partial charge in [0.15, 0.2) is 0 Å². The van der Waals surface area contributed by atoms with Gasteiger partial charge in [-0.3, -0.25) is 0 Å². The number of hydrogen-bond donors (Lipinski definition) is 0. The molecule has 2 atom stereocenters. The molecule has 2 bridgehead atoms. The van der Waals surface area contributed by atoms with Crippen LogP contribution in [0.1, 0.15) is 131 Å². The number of allylic oxidation sites excluding steroid dienone is 2. The molecule has 0 amide bonds. The summed E-state index contributed by atoms with van der Waals surface area (Å²) in [6, 6.07) is 6.74. The first kappa shape index (κ1) is 33.1. The van der Waals surface area contributed by atoms with Crippen molar-refractivity contribution >= 4 is 11.9 Å². The van der Waals surface area contributed by atoms with Crippen LogP contribution in [0, 0.1) is 47.4 Å². The molecule has 199 valence electrons. The number of ether oxygens (including phenoxy) is 2. The van der Waals surface area contributed by atoms with Crippen LogP contribution in [0.2, 0.25) is 0 Å². The summed E-state index contributed by atoms with van der Waals surface area (Å²) in [7, 11) is 0. The maximum atomic E-state index is 12.4. The average Bonchev–Trinajstić information content (AvgIpc) is 3.54. The molecular formula is C31H48LaO4. The SMILES string of the molecule is C1=CC2CCC1C2.CCCCCCCCOC(=O)c1ccccc1C(=O)OCCCCCCCC.[La]. The van der Waals surface area contributed by atoms with E-state index in [4.69, 9.17) is 9.47 Å². The van der Waals surface area contributed by atoms with Crippen LogP contribution in [0.15, 0.2) is 36.4 Å². The quantitative estimate of drug-likeness (QED) is 0.105. The first-order chi connectivity index (χ1) is 17.2. The number of carbonyl (C=O) groups is 2. The van der Waals surface area contributed by atoms with Crippen LogP contribution in [0.5, 0.6) is 0 Å². The predicted molar refractivity (Wildman–Crippen MR) is 144 cm³/mol. The van der Waals surface area contributed by atoms with Gasteiger partial charge in [-0.25, -0.2) is 9.59 Å².